The average Bonchev–Trinajstić information content (AvgIpc) is 2.85. The molecule has 0 fully saturated rings. The van der Waals surface area contributed by atoms with Crippen molar-refractivity contribution < 1.29 is 0 Å². The van der Waals surface area contributed by atoms with Crippen LogP contribution in [-0.4, -0.2) is 14.5 Å². The van der Waals surface area contributed by atoms with Gasteiger partial charge in [0.15, 0.2) is 5.16 Å². The number of hydrogen-bond acceptors (Lipinski definition) is 3. The molecule has 20 heavy (non-hydrogen) atoms. The maximum Gasteiger partial charge on any atom is 0.168 e. The third kappa shape index (κ3) is 2.53. The molecule has 0 spiro atoms. The van der Waals surface area contributed by atoms with Crippen molar-refractivity contribution in [3.8, 4) is 0 Å². The summed E-state index contributed by atoms with van der Waals surface area (Å²) in [5.74, 6) is 1.33. The number of nitrogens with zero attached hydrogens (tertiary/aromatic N) is 3. The van der Waals surface area contributed by atoms with Crippen LogP contribution in [0, 0.1) is 0 Å². The van der Waals surface area contributed by atoms with Crippen LogP contribution >= 0.6 is 23.4 Å². The van der Waals surface area contributed by atoms with E-state index in [0.29, 0.717) is 5.88 Å². The number of alkyl halides is 1. The fourth-order valence-corrected chi connectivity index (χ4v) is 3.31. The van der Waals surface area contributed by atoms with Crippen LogP contribution in [0.25, 0.3) is 10.9 Å². The number of benzene rings is 1. The molecule has 2 aromatic heterocycles. The molecule has 102 valence electrons. The lowest BCUT2D eigenvalue weighted by Gasteiger charge is -2.06. The first kappa shape index (κ1) is 13.5. The minimum Gasteiger partial charge on any atom is -0.325 e. The van der Waals surface area contributed by atoms with Crippen LogP contribution in [0.15, 0.2) is 47.9 Å². The van der Waals surface area contributed by atoms with E-state index in [4.69, 9.17) is 11.6 Å². The SMILES string of the molecule is Cn1c(CCl)cnc1SCc1cccc2cccnc12. The lowest BCUT2D eigenvalue weighted by Crippen LogP contribution is -1.96. The molecule has 0 saturated heterocycles. The summed E-state index contributed by atoms with van der Waals surface area (Å²) in [6.07, 6.45) is 3.67. The topological polar surface area (TPSA) is 30.7 Å². The lowest BCUT2D eigenvalue weighted by molar-refractivity contribution is 0.761. The van der Waals surface area contributed by atoms with Crippen LogP contribution in [0.4, 0.5) is 0 Å². The molecule has 2 heterocycles. The molecule has 0 aliphatic heterocycles. The first-order valence-corrected chi connectivity index (χ1v) is 7.83. The van der Waals surface area contributed by atoms with Gasteiger partial charge in [-0.2, -0.15) is 0 Å². The Morgan fingerprint density at radius 2 is 2.05 bits per heavy atom. The van der Waals surface area contributed by atoms with Crippen molar-refractivity contribution in [2.24, 2.45) is 7.05 Å². The number of rotatable bonds is 4. The predicted octanol–water partition coefficient (Wildman–Crippen LogP) is 4.00. The van der Waals surface area contributed by atoms with Gasteiger partial charge in [-0.3, -0.25) is 4.98 Å². The third-order valence-electron chi connectivity index (χ3n) is 3.25. The van der Waals surface area contributed by atoms with Gasteiger partial charge < -0.3 is 4.57 Å². The highest BCUT2D eigenvalue weighted by Crippen LogP contribution is 2.26. The Balaban J connectivity index is 1.85. The summed E-state index contributed by atoms with van der Waals surface area (Å²) in [5.41, 5.74) is 3.32. The number of halogens is 1. The largest absolute Gasteiger partial charge is 0.325 e. The van der Waals surface area contributed by atoms with Gasteiger partial charge in [-0.15, -0.1) is 11.6 Å². The van der Waals surface area contributed by atoms with Gasteiger partial charge in [0.2, 0.25) is 0 Å². The fourth-order valence-electron chi connectivity index (χ4n) is 2.11. The normalized spacial score (nSPS) is 11.1. The Morgan fingerprint density at radius 1 is 1.20 bits per heavy atom. The zero-order chi connectivity index (χ0) is 13.9. The second-order valence-electron chi connectivity index (χ2n) is 4.51. The second-order valence-corrected chi connectivity index (χ2v) is 5.72. The van der Waals surface area contributed by atoms with E-state index in [9.17, 15) is 0 Å². The molecule has 0 aliphatic rings. The number of imidazole rings is 1. The zero-order valence-electron chi connectivity index (χ0n) is 11.1. The van der Waals surface area contributed by atoms with E-state index in [-0.39, 0.29) is 0 Å². The lowest BCUT2D eigenvalue weighted by atomic mass is 10.1. The number of para-hydroxylation sites is 1. The highest BCUT2D eigenvalue weighted by atomic mass is 35.5. The summed E-state index contributed by atoms with van der Waals surface area (Å²) in [7, 11) is 1.99. The Bertz CT molecular complexity index is 734. The molecule has 3 aromatic rings. The van der Waals surface area contributed by atoms with Crippen molar-refractivity contribution in [1.29, 1.82) is 0 Å². The van der Waals surface area contributed by atoms with E-state index >= 15 is 0 Å². The molecule has 0 aliphatic carbocycles. The van der Waals surface area contributed by atoms with Gasteiger partial charge in [0.1, 0.15) is 0 Å². The van der Waals surface area contributed by atoms with Crippen LogP contribution in [0.5, 0.6) is 0 Å². The molecule has 0 N–H and O–H groups in total. The monoisotopic (exact) mass is 303 g/mol. The van der Waals surface area contributed by atoms with Gasteiger partial charge in [-0.25, -0.2) is 4.98 Å². The number of aromatic nitrogens is 3. The van der Waals surface area contributed by atoms with Gasteiger partial charge >= 0.3 is 0 Å². The molecule has 0 amide bonds. The van der Waals surface area contributed by atoms with Crippen LogP contribution in [0.2, 0.25) is 0 Å². The molecule has 3 nitrogen and oxygen atoms in total. The van der Waals surface area contributed by atoms with Crippen molar-refractivity contribution >= 4 is 34.3 Å². The molecule has 0 atom stereocenters. The van der Waals surface area contributed by atoms with E-state index in [1.807, 2.05) is 30.1 Å². The fraction of sp³-hybridized carbons (Fsp3) is 0.200. The van der Waals surface area contributed by atoms with Crippen molar-refractivity contribution in [2.75, 3.05) is 0 Å². The molecule has 5 heteroatoms. The van der Waals surface area contributed by atoms with Gasteiger partial charge in [0.05, 0.1) is 23.3 Å². The first-order valence-electron chi connectivity index (χ1n) is 6.31. The molecular weight excluding hydrogens is 290 g/mol. The number of fused-ring (bicyclic) bond motifs is 1. The first-order chi connectivity index (χ1) is 9.79. The Labute approximate surface area is 127 Å². The van der Waals surface area contributed by atoms with Crippen LogP contribution in [0.1, 0.15) is 11.3 Å². The van der Waals surface area contributed by atoms with E-state index < -0.39 is 0 Å². The third-order valence-corrected chi connectivity index (χ3v) is 4.62. The van der Waals surface area contributed by atoms with Crippen LogP contribution in [0.3, 0.4) is 0 Å². The Hall–Kier alpha value is -1.52. The number of hydrogen-bond donors (Lipinski definition) is 0. The molecular formula is C15H14ClN3S. The Morgan fingerprint density at radius 3 is 2.85 bits per heavy atom. The highest BCUT2D eigenvalue weighted by molar-refractivity contribution is 7.98. The summed E-state index contributed by atoms with van der Waals surface area (Å²) in [4.78, 5) is 8.88. The van der Waals surface area contributed by atoms with Gasteiger partial charge in [-0.1, -0.05) is 36.0 Å². The summed E-state index contributed by atoms with van der Waals surface area (Å²) >= 11 is 7.57. The molecule has 3 rings (SSSR count). The van der Waals surface area contributed by atoms with Gasteiger partial charge in [0.25, 0.3) is 0 Å². The average molecular weight is 304 g/mol. The van der Waals surface area contributed by atoms with Crippen molar-refractivity contribution in [2.45, 2.75) is 16.8 Å². The van der Waals surface area contributed by atoms with E-state index in [1.54, 1.807) is 11.8 Å². The maximum absolute atomic E-state index is 5.86. The summed E-state index contributed by atoms with van der Waals surface area (Å²) in [5, 5.41) is 2.15. The maximum atomic E-state index is 5.86. The van der Waals surface area contributed by atoms with E-state index in [0.717, 1.165) is 22.1 Å². The smallest absolute Gasteiger partial charge is 0.168 e. The summed E-state index contributed by atoms with van der Waals surface area (Å²) < 4.78 is 2.04. The van der Waals surface area contributed by atoms with Crippen molar-refractivity contribution in [3.05, 3.63) is 54.0 Å². The van der Waals surface area contributed by atoms with E-state index in [2.05, 4.69) is 34.2 Å². The standard InChI is InChI=1S/C15H14ClN3S/c1-19-13(8-16)9-18-15(19)20-10-12-5-2-4-11-6-3-7-17-14(11)12/h2-7,9H,8,10H2,1H3. The number of pyridine rings is 1. The predicted molar refractivity (Wildman–Crippen MR) is 84.1 cm³/mol. The minimum absolute atomic E-state index is 0.486. The molecule has 0 saturated carbocycles. The summed E-state index contributed by atoms with van der Waals surface area (Å²) in [6.45, 7) is 0. The van der Waals surface area contributed by atoms with E-state index in [1.165, 1.54) is 10.9 Å². The molecule has 0 unspecified atom stereocenters. The van der Waals surface area contributed by atoms with Crippen molar-refractivity contribution in [1.82, 2.24) is 14.5 Å². The molecule has 1 aromatic carbocycles. The molecule has 0 radical (unpaired) electrons. The zero-order valence-corrected chi connectivity index (χ0v) is 12.7. The highest BCUT2D eigenvalue weighted by Gasteiger charge is 2.08. The van der Waals surface area contributed by atoms with Crippen LogP contribution < -0.4 is 0 Å². The minimum atomic E-state index is 0.486. The van der Waals surface area contributed by atoms with Gasteiger partial charge in [0, 0.05) is 24.4 Å². The summed E-state index contributed by atoms with van der Waals surface area (Å²) in [6, 6.07) is 10.3. The number of thioether (sulfide) groups is 1. The van der Waals surface area contributed by atoms with Gasteiger partial charge in [-0.05, 0) is 11.6 Å². The quantitative estimate of drug-likeness (QED) is 0.539. The van der Waals surface area contributed by atoms with Crippen molar-refractivity contribution in [3.63, 3.8) is 0 Å². The van der Waals surface area contributed by atoms with Crippen LogP contribution in [-0.2, 0) is 18.7 Å². The molecule has 0 bridgehead atoms. The Kier molecular flexibility index (Phi) is 3.94. The second kappa shape index (κ2) is 5.85.